The second kappa shape index (κ2) is 5.61. The van der Waals surface area contributed by atoms with Crippen LogP contribution in [0, 0.1) is 0 Å². The minimum Gasteiger partial charge on any atom is -0.396 e. The fourth-order valence-corrected chi connectivity index (χ4v) is 2.83. The van der Waals surface area contributed by atoms with Gasteiger partial charge in [0, 0.05) is 13.2 Å². The Morgan fingerprint density at radius 1 is 0.650 bits per heavy atom. The summed E-state index contributed by atoms with van der Waals surface area (Å²) in [5.74, 6) is 0. The summed E-state index contributed by atoms with van der Waals surface area (Å²) in [5.41, 5.74) is 2.32. The predicted octanol–water partition coefficient (Wildman–Crippen LogP) is 3.06. The molecule has 2 N–H and O–H groups in total. The summed E-state index contributed by atoms with van der Waals surface area (Å²) in [5, 5.41) is 23.2. The first-order chi connectivity index (χ1) is 9.83. The molecule has 0 heterocycles. The zero-order valence-electron chi connectivity index (χ0n) is 11.3. The maximum atomic E-state index is 9.23. The highest BCUT2D eigenvalue weighted by molar-refractivity contribution is 6.01. The third-order valence-electron chi connectivity index (χ3n) is 3.83. The Balaban J connectivity index is 2.33. The molecule has 0 unspecified atom stereocenters. The van der Waals surface area contributed by atoms with Gasteiger partial charge in [-0.1, -0.05) is 36.4 Å². The van der Waals surface area contributed by atoms with Crippen LogP contribution in [0.15, 0.2) is 48.5 Å². The van der Waals surface area contributed by atoms with E-state index in [-0.39, 0.29) is 13.2 Å². The van der Waals surface area contributed by atoms with Gasteiger partial charge in [-0.25, -0.2) is 0 Å². The summed E-state index contributed by atoms with van der Waals surface area (Å²) in [6.07, 6.45) is 1.32. The molecule has 0 saturated heterocycles. The van der Waals surface area contributed by atoms with Crippen molar-refractivity contribution in [2.75, 3.05) is 13.2 Å². The lowest BCUT2D eigenvalue weighted by atomic mass is 9.94. The van der Waals surface area contributed by atoms with Crippen molar-refractivity contribution < 1.29 is 10.2 Å². The van der Waals surface area contributed by atoms with Gasteiger partial charge in [0.1, 0.15) is 0 Å². The van der Waals surface area contributed by atoms with E-state index in [1.165, 1.54) is 21.5 Å². The second-order valence-electron chi connectivity index (χ2n) is 5.08. The van der Waals surface area contributed by atoms with Gasteiger partial charge >= 0.3 is 0 Å². The molecule has 3 aromatic carbocycles. The lowest BCUT2D eigenvalue weighted by Gasteiger charge is -2.12. The molecule has 0 aliphatic carbocycles. The van der Waals surface area contributed by atoms with Crippen molar-refractivity contribution >= 4 is 21.5 Å². The van der Waals surface area contributed by atoms with Crippen molar-refractivity contribution in [3.63, 3.8) is 0 Å². The molecule has 3 aromatic rings. The van der Waals surface area contributed by atoms with Crippen LogP contribution < -0.4 is 0 Å². The van der Waals surface area contributed by atoms with Crippen molar-refractivity contribution in [2.45, 2.75) is 12.8 Å². The molecule has 0 aliphatic rings. The molecule has 2 heteroatoms. The number of benzene rings is 3. The first kappa shape index (κ1) is 13.1. The Morgan fingerprint density at radius 2 is 1.10 bits per heavy atom. The van der Waals surface area contributed by atoms with Gasteiger partial charge in [-0.05, 0) is 57.6 Å². The van der Waals surface area contributed by atoms with E-state index in [2.05, 4.69) is 36.4 Å². The molecule has 0 bridgehead atoms. The van der Waals surface area contributed by atoms with Crippen LogP contribution in [0.2, 0.25) is 0 Å². The van der Waals surface area contributed by atoms with Gasteiger partial charge in [-0.2, -0.15) is 0 Å². The molecule has 2 nitrogen and oxygen atoms in total. The van der Waals surface area contributed by atoms with Gasteiger partial charge in [0.2, 0.25) is 0 Å². The van der Waals surface area contributed by atoms with Gasteiger partial charge in [0.05, 0.1) is 0 Å². The summed E-state index contributed by atoms with van der Waals surface area (Å²) in [7, 11) is 0. The van der Waals surface area contributed by atoms with Gasteiger partial charge in [0.25, 0.3) is 0 Å². The average molecular weight is 266 g/mol. The van der Waals surface area contributed by atoms with Gasteiger partial charge in [-0.3, -0.25) is 0 Å². The highest BCUT2D eigenvalue weighted by Gasteiger charge is 2.07. The zero-order chi connectivity index (χ0) is 13.9. The largest absolute Gasteiger partial charge is 0.396 e. The quantitative estimate of drug-likeness (QED) is 0.712. The minimum absolute atomic E-state index is 0.154. The summed E-state index contributed by atoms with van der Waals surface area (Å²) < 4.78 is 0. The van der Waals surface area contributed by atoms with Gasteiger partial charge in [0.15, 0.2) is 0 Å². The van der Waals surface area contributed by atoms with E-state index < -0.39 is 0 Å². The van der Waals surface area contributed by atoms with E-state index in [1.54, 1.807) is 0 Å². The molecule has 0 saturated carbocycles. The van der Waals surface area contributed by atoms with Gasteiger partial charge < -0.3 is 10.2 Å². The Bertz CT molecular complexity index is 683. The maximum Gasteiger partial charge on any atom is 0.0471 e. The standard InChI is InChI=1S/C18H18O2/c19-9-7-13-5-6-14(8-10-20)18-12-16-4-2-1-3-15(16)11-17(13)18/h1-6,11-12,19-20H,7-10H2. The van der Waals surface area contributed by atoms with Gasteiger partial charge in [-0.15, -0.1) is 0 Å². The Morgan fingerprint density at radius 3 is 1.50 bits per heavy atom. The van der Waals surface area contributed by atoms with E-state index in [4.69, 9.17) is 0 Å². The van der Waals surface area contributed by atoms with Crippen molar-refractivity contribution in [2.24, 2.45) is 0 Å². The van der Waals surface area contributed by atoms with E-state index in [9.17, 15) is 10.2 Å². The number of fused-ring (bicyclic) bond motifs is 2. The molecule has 20 heavy (non-hydrogen) atoms. The molecule has 0 aliphatic heterocycles. The fraction of sp³-hybridized carbons (Fsp3) is 0.222. The first-order valence-electron chi connectivity index (χ1n) is 6.98. The average Bonchev–Trinajstić information content (AvgIpc) is 2.48. The smallest absolute Gasteiger partial charge is 0.0471 e. The molecule has 3 rings (SSSR count). The molecule has 0 atom stereocenters. The Hall–Kier alpha value is -1.90. The first-order valence-corrected chi connectivity index (χ1v) is 6.98. The molecular weight excluding hydrogens is 248 g/mol. The normalized spacial score (nSPS) is 11.3. The highest BCUT2D eigenvalue weighted by atomic mass is 16.3. The Kier molecular flexibility index (Phi) is 3.68. The number of aliphatic hydroxyl groups is 2. The van der Waals surface area contributed by atoms with Crippen LogP contribution in [0.4, 0.5) is 0 Å². The van der Waals surface area contributed by atoms with Crippen LogP contribution >= 0.6 is 0 Å². The molecule has 0 amide bonds. The summed E-state index contributed by atoms with van der Waals surface area (Å²) in [6, 6.07) is 16.8. The van der Waals surface area contributed by atoms with E-state index in [1.807, 2.05) is 12.1 Å². The van der Waals surface area contributed by atoms with Crippen LogP contribution in [0.25, 0.3) is 21.5 Å². The molecule has 0 aromatic heterocycles. The summed E-state index contributed by atoms with van der Waals surface area (Å²) in [4.78, 5) is 0. The van der Waals surface area contributed by atoms with E-state index in [0.717, 1.165) is 11.1 Å². The lowest BCUT2D eigenvalue weighted by molar-refractivity contribution is 0.299. The third-order valence-corrected chi connectivity index (χ3v) is 3.83. The SMILES string of the molecule is OCCc1ccc(CCO)c2cc3ccccc3cc12. The van der Waals surface area contributed by atoms with E-state index >= 15 is 0 Å². The number of aliphatic hydroxyl groups excluding tert-OH is 2. The Labute approximate surface area is 118 Å². The van der Waals surface area contributed by atoms with Crippen LogP contribution in [0.5, 0.6) is 0 Å². The van der Waals surface area contributed by atoms with Crippen LogP contribution in [-0.4, -0.2) is 23.4 Å². The summed E-state index contributed by atoms with van der Waals surface area (Å²) in [6.45, 7) is 0.308. The second-order valence-corrected chi connectivity index (χ2v) is 5.08. The fourth-order valence-electron chi connectivity index (χ4n) is 2.83. The van der Waals surface area contributed by atoms with Crippen molar-refractivity contribution in [3.05, 3.63) is 59.7 Å². The maximum absolute atomic E-state index is 9.23. The van der Waals surface area contributed by atoms with Crippen molar-refractivity contribution in [3.8, 4) is 0 Å². The third kappa shape index (κ3) is 2.28. The van der Waals surface area contributed by atoms with Crippen molar-refractivity contribution in [1.29, 1.82) is 0 Å². The zero-order valence-corrected chi connectivity index (χ0v) is 11.3. The predicted molar refractivity (Wildman–Crippen MR) is 83.0 cm³/mol. The number of rotatable bonds is 4. The number of hydrogen-bond donors (Lipinski definition) is 2. The van der Waals surface area contributed by atoms with Crippen LogP contribution in [0.3, 0.4) is 0 Å². The topological polar surface area (TPSA) is 40.5 Å². The molecule has 0 spiro atoms. The monoisotopic (exact) mass is 266 g/mol. The van der Waals surface area contributed by atoms with Crippen LogP contribution in [-0.2, 0) is 12.8 Å². The van der Waals surface area contributed by atoms with E-state index in [0.29, 0.717) is 12.8 Å². The highest BCUT2D eigenvalue weighted by Crippen LogP contribution is 2.29. The summed E-state index contributed by atoms with van der Waals surface area (Å²) >= 11 is 0. The lowest BCUT2D eigenvalue weighted by Crippen LogP contribution is -1.97. The molecule has 0 radical (unpaired) electrons. The van der Waals surface area contributed by atoms with Crippen molar-refractivity contribution in [1.82, 2.24) is 0 Å². The number of hydrogen-bond acceptors (Lipinski definition) is 2. The molecule has 0 fully saturated rings. The minimum atomic E-state index is 0.154. The van der Waals surface area contributed by atoms with Crippen LogP contribution in [0.1, 0.15) is 11.1 Å². The molecule has 102 valence electrons. The molecular formula is C18H18O2.